The number of aliphatic hydroxyl groups is 1. The standard InChI is InChI=1S/C22H27ClN2O5S/c1-2-30-21(29)16-15-9-10-22(31-15)17(16)20(28)25(11-3-4-12-26)18(22)19(27)24-14-7-5-13(23)6-8-14/h5-8,15-18,26H,2-4,9-12H2,1H3,(H,24,27)/t15-,16+,17+,18?,22?/m1/s1. The first kappa shape index (κ1) is 22.4. The second-order valence-electron chi connectivity index (χ2n) is 8.27. The number of fused-ring (bicyclic) bond motifs is 1. The molecule has 1 spiro atoms. The molecule has 2 amide bonds. The molecule has 2 unspecified atom stereocenters. The first-order valence-electron chi connectivity index (χ1n) is 10.7. The lowest BCUT2D eigenvalue weighted by atomic mass is 9.71. The second kappa shape index (κ2) is 9.00. The van der Waals surface area contributed by atoms with E-state index >= 15 is 0 Å². The third-order valence-electron chi connectivity index (χ3n) is 6.53. The van der Waals surface area contributed by atoms with Gasteiger partial charge in [-0.3, -0.25) is 14.4 Å². The van der Waals surface area contributed by atoms with Gasteiger partial charge in [-0.25, -0.2) is 0 Å². The Morgan fingerprint density at radius 3 is 2.74 bits per heavy atom. The number of ether oxygens (including phenoxy) is 1. The van der Waals surface area contributed by atoms with E-state index < -0.39 is 22.6 Å². The van der Waals surface area contributed by atoms with E-state index in [0.29, 0.717) is 36.5 Å². The van der Waals surface area contributed by atoms with E-state index in [2.05, 4.69) is 5.32 Å². The fourth-order valence-electron chi connectivity index (χ4n) is 5.34. The molecule has 2 bridgehead atoms. The molecule has 3 aliphatic heterocycles. The van der Waals surface area contributed by atoms with E-state index in [-0.39, 0.29) is 36.2 Å². The Bertz CT molecular complexity index is 866. The maximum absolute atomic E-state index is 13.5. The Balaban J connectivity index is 1.65. The number of halogens is 1. The number of unbranched alkanes of at least 4 members (excludes halogenated alkanes) is 1. The molecule has 3 heterocycles. The van der Waals surface area contributed by atoms with Crippen LogP contribution in [0.2, 0.25) is 5.02 Å². The predicted octanol–water partition coefficient (Wildman–Crippen LogP) is 2.71. The van der Waals surface area contributed by atoms with Crippen molar-refractivity contribution in [2.75, 3.05) is 25.1 Å². The summed E-state index contributed by atoms with van der Waals surface area (Å²) in [5.74, 6) is -1.80. The fraction of sp³-hybridized carbons (Fsp3) is 0.591. The number of esters is 1. The number of nitrogens with one attached hydrogen (secondary N) is 1. The summed E-state index contributed by atoms with van der Waals surface area (Å²) in [5, 5.41) is 12.7. The highest BCUT2D eigenvalue weighted by Crippen LogP contribution is 2.66. The van der Waals surface area contributed by atoms with Crippen LogP contribution in [0.5, 0.6) is 0 Å². The molecule has 2 N–H and O–H groups in total. The van der Waals surface area contributed by atoms with Crippen LogP contribution in [0.25, 0.3) is 0 Å². The number of likely N-dealkylation sites (tertiary alicyclic amines) is 1. The summed E-state index contributed by atoms with van der Waals surface area (Å²) in [6.07, 6.45) is 2.63. The van der Waals surface area contributed by atoms with Crippen molar-refractivity contribution in [2.24, 2.45) is 11.8 Å². The van der Waals surface area contributed by atoms with E-state index in [1.54, 1.807) is 47.9 Å². The van der Waals surface area contributed by atoms with Crippen molar-refractivity contribution >= 4 is 46.8 Å². The van der Waals surface area contributed by atoms with Gasteiger partial charge in [-0.1, -0.05) is 11.6 Å². The highest BCUT2D eigenvalue weighted by Gasteiger charge is 2.73. The lowest BCUT2D eigenvalue weighted by Crippen LogP contribution is -2.51. The lowest BCUT2D eigenvalue weighted by Gasteiger charge is -2.34. The van der Waals surface area contributed by atoms with Crippen LogP contribution in [-0.4, -0.2) is 63.6 Å². The van der Waals surface area contributed by atoms with Crippen LogP contribution in [0, 0.1) is 11.8 Å². The van der Waals surface area contributed by atoms with E-state index in [1.165, 1.54) is 0 Å². The summed E-state index contributed by atoms with van der Waals surface area (Å²) in [5.41, 5.74) is 0.608. The quantitative estimate of drug-likeness (QED) is 0.451. The third-order valence-corrected chi connectivity index (χ3v) is 8.73. The van der Waals surface area contributed by atoms with Crippen molar-refractivity contribution in [3.05, 3.63) is 29.3 Å². The number of benzene rings is 1. The number of aliphatic hydroxyl groups excluding tert-OH is 1. The van der Waals surface area contributed by atoms with Crippen molar-refractivity contribution in [3.8, 4) is 0 Å². The third kappa shape index (κ3) is 3.83. The highest BCUT2D eigenvalue weighted by atomic mass is 35.5. The molecule has 168 valence electrons. The zero-order chi connectivity index (χ0) is 22.2. The first-order chi connectivity index (χ1) is 14.9. The van der Waals surface area contributed by atoms with Crippen LogP contribution >= 0.6 is 23.4 Å². The van der Waals surface area contributed by atoms with Crippen LogP contribution in [0.3, 0.4) is 0 Å². The van der Waals surface area contributed by atoms with E-state index in [9.17, 15) is 19.5 Å². The Hall–Kier alpha value is -1.77. The van der Waals surface area contributed by atoms with Crippen LogP contribution < -0.4 is 5.32 Å². The average Bonchev–Trinajstić information content (AvgIpc) is 3.38. The summed E-state index contributed by atoms with van der Waals surface area (Å²) in [6, 6.07) is 6.17. The SMILES string of the molecule is CCOC(=O)[C@@H]1[C@H]2C(=O)N(CCCCO)C(C(=O)Nc3ccc(Cl)cc3)C23CC[C@H]1S3. The van der Waals surface area contributed by atoms with Gasteiger partial charge in [0.1, 0.15) is 6.04 Å². The van der Waals surface area contributed by atoms with Gasteiger partial charge in [-0.05, 0) is 56.9 Å². The summed E-state index contributed by atoms with van der Waals surface area (Å²) in [4.78, 5) is 41.4. The summed E-state index contributed by atoms with van der Waals surface area (Å²) >= 11 is 7.56. The van der Waals surface area contributed by atoms with Gasteiger partial charge in [0.2, 0.25) is 11.8 Å². The molecule has 3 saturated heterocycles. The minimum absolute atomic E-state index is 0.00146. The minimum atomic E-state index is -0.672. The monoisotopic (exact) mass is 466 g/mol. The molecule has 1 aromatic rings. The van der Waals surface area contributed by atoms with Gasteiger partial charge in [0.25, 0.3) is 0 Å². The minimum Gasteiger partial charge on any atom is -0.466 e. The van der Waals surface area contributed by atoms with E-state index in [1.807, 2.05) is 0 Å². The van der Waals surface area contributed by atoms with Gasteiger partial charge in [0, 0.05) is 29.1 Å². The number of anilines is 1. The topological polar surface area (TPSA) is 95.9 Å². The van der Waals surface area contributed by atoms with Crippen molar-refractivity contribution in [1.82, 2.24) is 4.90 Å². The lowest BCUT2D eigenvalue weighted by molar-refractivity contribution is -0.153. The number of carbonyl (C=O) groups excluding carboxylic acids is 3. The molecular weight excluding hydrogens is 440 g/mol. The average molecular weight is 467 g/mol. The number of carbonyl (C=O) groups is 3. The molecule has 0 aromatic heterocycles. The summed E-state index contributed by atoms with van der Waals surface area (Å²) < 4.78 is 4.67. The predicted molar refractivity (Wildman–Crippen MR) is 119 cm³/mol. The van der Waals surface area contributed by atoms with Gasteiger partial charge < -0.3 is 20.1 Å². The van der Waals surface area contributed by atoms with Crippen molar-refractivity contribution < 1.29 is 24.2 Å². The number of amides is 2. The molecule has 7 nitrogen and oxygen atoms in total. The molecule has 3 aliphatic rings. The molecule has 0 saturated carbocycles. The first-order valence-corrected chi connectivity index (χ1v) is 12.0. The molecule has 5 atom stereocenters. The summed E-state index contributed by atoms with van der Waals surface area (Å²) in [7, 11) is 0. The van der Waals surface area contributed by atoms with Crippen LogP contribution in [0.15, 0.2) is 24.3 Å². The highest BCUT2D eigenvalue weighted by molar-refractivity contribution is 8.02. The number of nitrogens with zero attached hydrogens (tertiary/aromatic N) is 1. The number of rotatable bonds is 8. The van der Waals surface area contributed by atoms with Crippen molar-refractivity contribution in [1.29, 1.82) is 0 Å². The normalized spacial score (nSPS) is 31.1. The van der Waals surface area contributed by atoms with Crippen LogP contribution in [0.4, 0.5) is 5.69 Å². The summed E-state index contributed by atoms with van der Waals surface area (Å²) in [6.45, 7) is 2.42. The van der Waals surface area contributed by atoms with Crippen molar-refractivity contribution in [3.63, 3.8) is 0 Å². The molecule has 9 heteroatoms. The maximum Gasteiger partial charge on any atom is 0.310 e. The number of hydrogen-bond acceptors (Lipinski definition) is 6. The van der Waals surface area contributed by atoms with E-state index in [4.69, 9.17) is 16.3 Å². The molecular formula is C22H27ClN2O5S. The van der Waals surface area contributed by atoms with Crippen molar-refractivity contribution in [2.45, 2.75) is 48.6 Å². The molecule has 0 radical (unpaired) electrons. The Kier molecular flexibility index (Phi) is 6.51. The van der Waals surface area contributed by atoms with E-state index in [0.717, 1.165) is 6.42 Å². The second-order valence-corrected chi connectivity index (χ2v) is 10.3. The molecule has 3 fully saturated rings. The maximum atomic E-state index is 13.5. The Morgan fingerprint density at radius 2 is 2.06 bits per heavy atom. The zero-order valence-electron chi connectivity index (χ0n) is 17.4. The number of thioether (sulfide) groups is 1. The van der Waals surface area contributed by atoms with Gasteiger partial charge >= 0.3 is 5.97 Å². The Morgan fingerprint density at radius 1 is 1.32 bits per heavy atom. The molecule has 0 aliphatic carbocycles. The fourth-order valence-corrected chi connectivity index (χ4v) is 7.67. The van der Waals surface area contributed by atoms with Gasteiger partial charge in [0.05, 0.1) is 23.2 Å². The van der Waals surface area contributed by atoms with Crippen LogP contribution in [-0.2, 0) is 19.1 Å². The zero-order valence-corrected chi connectivity index (χ0v) is 19.0. The molecule has 4 rings (SSSR count). The van der Waals surface area contributed by atoms with Gasteiger partial charge in [-0.15, -0.1) is 11.8 Å². The Labute approximate surface area is 190 Å². The smallest absolute Gasteiger partial charge is 0.310 e. The van der Waals surface area contributed by atoms with Crippen LogP contribution in [0.1, 0.15) is 32.6 Å². The largest absolute Gasteiger partial charge is 0.466 e. The van der Waals surface area contributed by atoms with Gasteiger partial charge in [-0.2, -0.15) is 0 Å². The number of hydrogen-bond donors (Lipinski definition) is 2. The molecule has 31 heavy (non-hydrogen) atoms. The molecule has 1 aromatic carbocycles. The van der Waals surface area contributed by atoms with Gasteiger partial charge in [0.15, 0.2) is 0 Å².